The Hall–Kier alpha value is -2.04. The molecule has 1 heterocycles. The summed E-state index contributed by atoms with van der Waals surface area (Å²) in [7, 11) is 0. The largest absolute Gasteiger partial charge is 0.261 e. The van der Waals surface area contributed by atoms with Crippen molar-refractivity contribution in [2.75, 3.05) is 5.12 Å². The lowest BCUT2D eigenvalue weighted by molar-refractivity contribution is 0.491. The van der Waals surface area contributed by atoms with Crippen LogP contribution in [0.1, 0.15) is 0 Å². The Morgan fingerprint density at radius 2 is 1.64 bits per heavy atom. The van der Waals surface area contributed by atoms with Crippen molar-refractivity contribution in [3.63, 3.8) is 0 Å². The van der Waals surface area contributed by atoms with E-state index < -0.39 is 0 Å². The normalized spacial score (nSPS) is 9.79. The molecule has 1 aromatic carbocycles. The number of benzene rings is 1. The predicted molar refractivity (Wildman–Crippen MR) is 49.5 cm³/mol. The molecule has 0 unspecified atom stereocenters. The molecule has 14 heavy (non-hydrogen) atoms. The van der Waals surface area contributed by atoms with E-state index >= 15 is 0 Å². The molecule has 2 aromatic rings. The molecule has 0 amide bonds. The first kappa shape index (κ1) is 8.55. The summed E-state index contributed by atoms with van der Waals surface area (Å²) in [6.07, 6.45) is 2.50. The lowest BCUT2D eigenvalue weighted by atomic mass is 10.3. The molecule has 70 valence electrons. The van der Waals surface area contributed by atoms with Crippen LogP contribution in [0, 0.1) is 0 Å². The average Bonchev–Trinajstić information content (AvgIpc) is 2.30. The zero-order valence-corrected chi connectivity index (χ0v) is 7.21. The molecule has 0 spiro atoms. The minimum absolute atomic E-state index is 0.0220. The molecule has 5 heteroatoms. The Bertz CT molecular complexity index is 353. The first-order chi connectivity index (χ1) is 6.88. The van der Waals surface area contributed by atoms with Crippen molar-refractivity contribution in [1.29, 1.82) is 0 Å². The fourth-order valence-electron chi connectivity index (χ4n) is 1.01. The summed E-state index contributed by atoms with van der Waals surface area (Å²) in [5.41, 5.74) is 0.388. The minimum Gasteiger partial charge on any atom is -0.225 e. The lowest BCUT2D eigenvalue weighted by Gasteiger charge is -2.09. The number of rotatable bonds is 2. The van der Waals surface area contributed by atoms with Crippen LogP contribution in [0.3, 0.4) is 0 Å². The van der Waals surface area contributed by atoms with Gasteiger partial charge in [-0.2, -0.15) is 9.97 Å². The van der Waals surface area contributed by atoms with E-state index in [0.29, 0.717) is 10.8 Å². The molecule has 0 aliphatic heterocycles. The van der Waals surface area contributed by atoms with E-state index in [0.717, 1.165) is 0 Å². The van der Waals surface area contributed by atoms with Gasteiger partial charge in [-0.25, -0.2) is 4.98 Å². The standard InChI is InChI=1S/C9H7FN4/c10-14(8-4-2-1-3-5-8)9-12-6-11-7-13-9/h1-7H. The highest BCUT2D eigenvalue weighted by Gasteiger charge is 2.09. The number of aromatic nitrogens is 3. The van der Waals surface area contributed by atoms with Crippen LogP contribution in [0.25, 0.3) is 0 Å². The molecule has 0 saturated carbocycles. The van der Waals surface area contributed by atoms with Crippen molar-refractivity contribution in [3.8, 4) is 0 Å². The average molecular weight is 190 g/mol. The van der Waals surface area contributed by atoms with Crippen molar-refractivity contribution in [2.24, 2.45) is 0 Å². The number of hydrogen-bond acceptors (Lipinski definition) is 4. The second-order valence-corrected chi connectivity index (χ2v) is 2.55. The fraction of sp³-hybridized carbons (Fsp3) is 0. The van der Waals surface area contributed by atoms with E-state index in [9.17, 15) is 4.48 Å². The Balaban J connectivity index is 2.30. The van der Waals surface area contributed by atoms with Crippen molar-refractivity contribution < 1.29 is 4.48 Å². The number of hydrogen-bond donors (Lipinski definition) is 0. The molecule has 0 aliphatic rings. The van der Waals surface area contributed by atoms with Gasteiger partial charge in [0.05, 0.1) is 5.69 Å². The molecular formula is C9H7FN4. The molecule has 2 rings (SSSR count). The smallest absolute Gasteiger partial charge is 0.225 e. The second kappa shape index (κ2) is 3.78. The van der Waals surface area contributed by atoms with Crippen LogP contribution in [-0.4, -0.2) is 15.0 Å². The third-order valence-electron chi connectivity index (χ3n) is 1.64. The summed E-state index contributed by atoms with van der Waals surface area (Å²) in [6.45, 7) is 0. The van der Waals surface area contributed by atoms with Crippen LogP contribution < -0.4 is 5.12 Å². The van der Waals surface area contributed by atoms with Gasteiger partial charge in [0.25, 0.3) is 5.95 Å². The van der Waals surface area contributed by atoms with Gasteiger partial charge in [0, 0.05) is 0 Å². The van der Waals surface area contributed by atoms with Crippen LogP contribution in [0.15, 0.2) is 43.0 Å². The monoisotopic (exact) mass is 190 g/mol. The highest BCUT2D eigenvalue weighted by Crippen LogP contribution is 2.20. The second-order valence-electron chi connectivity index (χ2n) is 2.55. The van der Waals surface area contributed by atoms with Gasteiger partial charge in [0.15, 0.2) is 0 Å². The zero-order chi connectivity index (χ0) is 9.80. The molecule has 0 fully saturated rings. The highest BCUT2D eigenvalue weighted by atomic mass is 19.2. The summed E-state index contributed by atoms with van der Waals surface area (Å²) in [5.74, 6) is -0.0220. The Labute approximate surface area is 80.0 Å². The first-order valence-corrected chi connectivity index (χ1v) is 4.01. The van der Waals surface area contributed by atoms with E-state index in [-0.39, 0.29) is 5.95 Å². The molecule has 0 saturated heterocycles. The molecule has 1 aromatic heterocycles. The van der Waals surface area contributed by atoms with Gasteiger partial charge < -0.3 is 0 Å². The predicted octanol–water partition coefficient (Wildman–Crippen LogP) is 1.89. The van der Waals surface area contributed by atoms with Crippen LogP contribution in [-0.2, 0) is 0 Å². The number of nitrogens with zero attached hydrogens (tertiary/aromatic N) is 4. The van der Waals surface area contributed by atoms with Crippen molar-refractivity contribution in [1.82, 2.24) is 15.0 Å². The molecule has 0 atom stereocenters. The van der Waals surface area contributed by atoms with E-state index in [1.165, 1.54) is 12.7 Å². The van der Waals surface area contributed by atoms with Gasteiger partial charge >= 0.3 is 0 Å². The van der Waals surface area contributed by atoms with Crippen LogP contribution in [0.2, 0.25) is 0 Å². The van der Waals surface area contributed by atoms with Crippen LogP contribution in [0.5, 0.6) is 0 Å². The maximum absolute atomic E-state index is 13.5. The minimum atomic E-state index is -0.0220. The summed E-state index contributed by atoms with van der Waals surface area (Å²) in [4.78, 5) is 11.0. The summed E-state index contributed by atoms with van der Waals surface area (Å²) >= 11 is 0. The van der Waals surface area contributed by atoms with Gasteiger partial charge in [0.1, 0.15) is 12.7 Å². The van der Waals surface area contributed by atoms with Crippen LogP contribution >= 0.6 is 0 Å². The third kappa shape index (κ3) is 1.66. The van der Waals surface area contributed by atoms with E-state index in [2.05, 4.69) is 15.0 Å². The lowest BCUT2D eigenvalue weighted by Crippen LogP contribution is -2.07. The molecule has 0 radical (unpaired) electrons. The van der Waals surface area contributed by atoms with Crippen molar-refractivity contribution in [2.45, 2.75) is 0 Å². The SMILES string of the molecule is FN(c1ccccc1)c1ncncn1. The van der Waals surface area contributed by atoms with Gasteiger partial charge in [-0.1, -0.05) is 22.7 Å². The summed E-state index contributed by atoms with van der Waals surface area (Å²) < 4.78 is 13.5. The fourth-order valence-corrected chi connectivity index (χ4v) is 1.01. The number of halogens is 1. The van der Waals surface area contributed by atoms with Gasteiger partial charge in [-0.05, 0) is 12.1 Å². The van der Waals surface area contributed by atoms with Gasteiger partial charge in [-0.3, -0.25) is 0 Å². The van der Waals surface area contributed by atoms with Gasteiger partial charge in [-0.15, -0.1) is 5.12 Å². The summed E-state index contributed by atoms with van der Waals surface area (Å²) in [5, 5.41) is 0.404. The number of para-hydroxylation sites is 1. The quantitative estimate of drug-likeness (QED) is 0.678. The maximum atomic E-state index is 13.5. The first-order valence-electron chi connectivity index (χ1n) is 4.01. The Morgan fingerprint density at radius 1 is 1.00 bits per heavy atom. The van der Waals surface area contributed by atoms with Crippen LogP contribution in [0.4, 0.5) is 16.1 Å². The molecule has 0 aliphatic carbocycles. The van der Waals surface area contributed by atoms with Crippen molar-refractivity contribution >= 4 is 11.6 Å². The number of anilines is 2. The van der Waals surface area contributed by atoms with E-state index in [4.69, 9.17) is 0 Å². The van der Waals surface area contributed by atoms with Crippen molar-refractivity contribution in [3.05, 3.63) is 43.0 Å². The topological polar surface area (TPSA) is 41.9 Å². The van der Waals surface area contributed by atoms with E-state index in [1.807, 2.05) is 6.07 Å². The molecule has 4 nitrogen and oxygen atoms in total. The Kier molecular flexibility index (Phi) is 2.31. The molecular weight excluding hydrogens is 183 g/mol. The third-order valence-corrected chi connectivity index (χ3v) is 1.64. The summed E-state index contributed by atoms with van der Waals surface area (Å²) in [6, 6.07) is 8.55. The molecule has 0 bridgehead atoms. The molecule has 0 N–H and O–H groups in total. The highest BCUT2D eigenvalue weighted by molar-refractivity contribution is 5.52. The zero-order valence-electron chi connectivity index (χ0n) is 7.21. The van der Waals surface area contributed by atoms with E-state index in [1.54, 1.807) is 24.3 Å². The Morgan fingerprint density at radius 3 is 2.29 bits per heavy atom. The van der Waals surface area contributed by atoms with Gasteiger partial charge in [0.2, 0.25) is 0 Å². The maximum Gasteiger partial charge on any atom is 0.261 e.